The number of nitrogens with one attached hydrogen (secondary N) is 1. The Kier molecular flexibility index (Phi) is 11.9. The number of ketones is 2. The van der Waals surface area contributed by atoms with Crippen LogP contribution < -0.4 is 20.9 Å². The molecule has 328 valence electrons. The van der Waals surface area contributed by atoms with Gasteiger partial charge in [0.25, 0.3) is 11.8 Å². The minimum absolute atomic E-state index is 0.0211. The van der Waals surface area contributed by atoms with Crippen molar-refractivity contribution in [1.29, 1.82) is 0 Å². The molecule has 1 unspecified atom stereocenters. The van der Waals surface area contributed by atoms with E-state index in [1.165, 1.54) is 36.9 Å². The van der Waals surface area contributed by atoms with Crippen molar-refractivity contribution in [2.45, 2.75) is 95.7 Å². The van der Waals surface area contributed by atoms with Gasteiger partial charge in [-0.05, 0) is 131 Å². The summed E-state index contributed by atoms with van der Waals surface area (Å²) in [7, 11) is 1.84. The van der Waals surface area contributed by atoms with Crippen LogP contribution in [-0.4, -0.2) is 137 Å². The zero-order valence-corrected chi connectivity index (χ0v) is 36.0. The molecule has 9 rings (SSSR count). The summed E-state index contributed by atoms with van der Waals surface area (Å²) in [6, 6.07) is 14.0. The lowest BCUT2D eigenvalue weighted by atomic mass is 9.71. The van der Waals surface area contributed by atoms with Gasteiger partial charge in [-0.15, -0.1) is 0 Å². The second kappa shape index (κ2) is 17.7. The Labute approximate surface area is 364 Å². The van der Waals surface area contributed by atoms with E-state index in [1.54, 1.807) is 16.0 Å². The summed E-state index contributed by atoms with van der Waals surface area (Å²) in [5.74, 6) is 0.122. The normalized spacial score (nSPS) is 23.1. The van der Waals surface area contributed by atoms with Crippen LogP contribution in [0.2, 0.25) is 0 Å². The number of nitrogens with zero attached hydrogens (tertiary/aromatic N) is 8. The number of anilines is 4. The molecule has 3 N–H and O–H groups in total. The number of aromatic nitrogens is 2. The third-order valence-corrected chi connectivity index (χ3v) is 14.7. The van der Waals surface area contributed by atoms with Gasteiger partial charge in [0.05, 0.1) is 24.7 Å². The van der Waals surface area contributed by atoms with Gasteiger partial charge in [-0.3, -0.25) is 19.2 Å². The molecule has 15 heteroatoms. The number of fused-ring (bicyclic) bond motifs is 1. The van der Waals surface area contributed by atoms with Crippen LogP contribution in [0.15, 0.2) is 48.7 Å². The molecule has 0 radical (unpaired) electrons. The molecule has 0 bridgehead atoms. The molecular weight excluding hydrogens is 785 g/mol. The summed E-state index contributed by atoms with van der Waals surface area (Å²) in [5, 5.41) is 3.32. The molecule has 2 atom stereocenters. The third kappa shape index (κ3) is 8.60. The number of carbonyl (C=O) groups is 5. The number of likely N-dealkylation sites (tertiary alicyclic amines) is 1. The zero-order valence-electron chi connectivity index (χ0n) is 36.0. The lowest BCUT2D eigenvalue weighted by Crippen LogP contribution is -2.49. The first-order chi connectivity index (χ1) is 30.0. The fraction of sp³-hybridized carbons (Fsp3) is 0.553. The van der Waals surface area contributed by atoms with Crippen LogP contribution in [0.1, 0.15) is 103 Å². The average Bonchev–Trinajstić information content (AvgIpc) is 3.80. The number of amides is 4. The van der Waals surface area contributed by atoms with Crippen LogP contribution in [0.4, 0.5) is 27.8 Å². The van der Waals surface area contributed by atoms with Crippen molar-refractivity contribution in [3.8, 4) is 0 Å². The first-order valence-electron chi connectivity index (χ1n) is 22.8. The summed E-state index contributed by atoms with van der Waals surface area (Å²) in [6.45, 7) is 8.79. The number of piperidine rings is 3. The van der Waals surface area contributed by atoms with E-state index < -0.39 is 11.9 Å². The van der Waals surface area contributed by atoms with Crippen LogP contribution in [-0.2, 0) is 22.6 Å². The van der Waals surface area contributed by atoms with Crippen LogP contribution in [0.3, 0.4) is 0 Å². The van der Waals surface area contributed by atoms with Crippen LogP contribution in [0, 0.1) is 5.41 Å². The Hall–Kier alpha value is -5.57. The van der Waals surface area contributed by atoms with Crippen molar-refractivity contribution >= 4 is 52.4 Å². The standard InChI is InChI=1S/C47H60N10O5/c1-52-26-27-56(46(52)62)35-8-5-21-55(30-35)41-29-49-42(43(48)60)44(51-41)50-33-10-12-34(13-11-33)54-24-18-47(19-25-54)16-22-53(23-17-47)20-3-2-6-32-7-4-9-37-38(32)31-57(45(37)61)39-15-14-36(58)28-40(39)59/h4,7,9-13,29,35,39H,2-3,5-6,8,14-28,30-31H2,1H3,(H2,48,60)(H,50,51)/t35-,39?/m1/s1. The molecular formula is C47H60N10O5. The number of aryl methyl sites for hydroxylation is 1. The van der Waals surface area contributed by atoms with E-state index in [0.29, 0.717) is 43.0 Å². The Morgan fingerprint density at radius 3 is 2.37 bits per heavy atom. The molecule has 1 aliphatic carbocycles. The quantitative estimate of drug-likeness (QED) is 0.186. The van der Waals surface area contributed by atoms with Gasteiger partial charge < -0.3 is 40.4 Å². The largest absolute Gasteiger partial charge is 0.371 e. The molecule has 6 heterocycles. The predicted molar refractivity (Wildman–Crippen MR) is 237 cm³/mol. The van der Waals surface area contributed by atoms with Crippen molar-refractivity contribution in [3.05, 3.63) is 71.0 Å². The number of primary amides is 1. The maximum Gasteiger partial charge on any atom is 0.320 e. The fourth-order valence-corrected chi connectivity index (χ4v) is 10.9. The van der Waals surface area contributed by atoms with Crippen LogP contribution in [0.25, 0.3) is 0 Å². The maximum atomic E-state index is 13.3. The molecule has 62 heavy (non-hydrogen) atoms. The van der Waals surface area contributed by atoms with Gasteiger partial charge in [0.15, 0.2) is 17.3 Å². The molecule has 4 saturated heterocycles. The predicted octanol–water partition coefficient (Wildman–Crippen LogP) is 5.01. The van der Waals surface area contributed by atoms with Crippen molar-refractivity contribution in [3.63, 3.8) is 0 Å². The van der Waals surface area contributed by atoms with E-state index in [0.717, 1.165) is 101 Å². The van der Waals surface area contributed by atoms with Gasteiger partial charge >= 0.3 is 6.03 Å². The smallest absolute Gasteiger partial charge is 0.320 e. The SMILES string of the molecule is CN1CCN([C@@H]2CCCN(c3cnc(C(N)=O)c(Nc4ccc(N5CCC6(CCN(CCCCc7cccc8c7CN(C7CCC(=O)CC7=O)C8=O)CC6)CC5)cc4)n3)C2)C1=O. The Morgan fingerprint density at radius 2 is 1.65 bits per heavy atom. The first-order valence-corrected chi connectivity index (χ1v) is 22.8. The highest BCUT2D eigenvalue weighted by atomic mass is 16.2. The number of urea groups is 1. The molecule has 15 nitrogen and oxygen atoms in total. The lowest BCUT2D eigenvalue weighted by Gasteiger charge is -2.47. The number of Topliss-reactive ketones (excluding diaryl/α,β-unsaturated/α-hetero) is 2. The van der Waals surface area contributed by atoms with E-state index in [1.807, 2.05) is 36.2 Å². The number of hydrogen-bond donors (Lipinski definition) is 2. The van der Waals surface area contributed by atoms with Gasteiger partial charge in [-0.25, -0.2) is 14.8 Å². The van der Waals surface area contributed by atoms with Crippen molar-refractivity contribution < 1.29 is 24.0 Å². The molecule has 1 spiro atoms. The highest BCUT2D eigenvalue weighted by Crippen LogP contribution is 2.42. The number of unbranched alkanes of at least 4 members (excludes halogenated alkanes) is 1. The second-order valence-corrected chi connectivity index (χ2v) is 18.5. The molecule has 1 saturated carbocycles. The summed E-state index contributed by atoms with van der Waals surface area (Å²) >= 11 is 0. The van der Waals surface area contributed by atoms with Gasteiger partial charge in [-0.2, -0.15) is 0 Å². The summed E-state index contributed by atoms with van der Waals surface area (Å²) in [5.41, 5.74) is 11.2. The molecule has 3 aromatic rings. The van der Waals surface area contributed by atoms with Gasteiger partial charge in [0, 0.05) is 76.2 Å². The molecule has 2 aromatic carbocycles. The van der Waals surface area contributed by atoms with E-state index in [-0.39, 0.29) is 41.7 Å². The number of rotatable bonds is 12. The molecule has 5 fully saturated rings. The van der Waals surface area contributed by atoms with Crippen molar-refractivity contribution in [2.24, 2.45) is 11.1 Å². The van der Waals surface area contributed by atoms with E-state index in [2.05, 4.69) is 43.2 Å². The number of hydrogen-bond acceptors (Lipinski definition) is 11. The first kappa shape index (κ1) is 41.8. The number of benzene rings is 2. The van der Waals surface area contributed by atoms with Gasteiger partial charge in [-0.1, -0.05) is 12.1 Å². The molecule has 1 aromatic heterocycles. The minimum Gasteiger partial charge on any atom is -0.371 e. The van der Waals surface area contributed by atoms with Crippen molar-refractivity contribution in [1.82, 2.24) is 29.6 Å². The highest BCUT2D eigenvalue weighted by Gasteiger charge is 2.41. The van der Waals surface area contributed by atoms with Crippen LogP contribution >= 0.6 is 0 Å². The minimum atomic E-state index is -0.645. The fourth-order valence-electron chi connectivity index (χ4n) is 10.9. The summed E-state index contributed by atoms with van der Waals surface area (Å²) in [6.07, 6.45) is 12.1. The monoisotopic (exact) mass is 844 g/mol. The summed E-state index contributed by atoms with van der Waals surface area (Å²) in [4.78, 5) is 84.7. The number of nitrogens with two attached hydrogens (primary N) is 1. The number of carbonyl (C=O) groups excluding carboxylic acids is 5. The molecule has 6 aliphatic rings. The Balaban J connectivity index is 0.728. The van der Waals surface area contributed by atoms with E-state index in [4.69, 9.17) is 10.7 Å². The zero-order chi connectivity index (χ0) is 43.0. The lowest BCUT2D eigenvalue weighted by molar-refractivity contribution is -0.133. The van der Waals surface area contributed by atoms with E-state index in [9.17, 15) is 24.0 Å². The van der Waals surface area contributed by atoms with Crippen molar-refractivity contribution in [2.75, 3.05) is 81.1 Å². The second-order valence-electron chi connectivity index (χ2n) is 18.5. The topological polar surface area (TPSA) is 169 Å². The third-order valence-electron chi connectivity index (χ3n) is 14.7. The average molecular weight is 845 g/mol. The molecule has 5 aliphatic heterocycles. The van der Waals surface area contributed by atoms with Gasteiger partial charge in [0.1, 0.15) is 11.6 Å². The highest BCUT2D eigenvalue weighted by molar-refractivity contribution is 6.07. The van der Waals surface area contributed by atoms with E-state index >= 15 is 0 Å². The Morgan fingerprint density at radius 1 is 0.871 bits per heavy atom. The molecule has 4 amide bonds. The number of likely N-dealkylation sites (N-methyl/N-ethyl adjacent to an activating group) is 1. The Bertz CT molecular complexity index is 2200. The van der Waals surface area contributed by atoms with Gasteiger partial charge in [0.2, 0.25) is 0 Å². The summed E-state index contributed by atoms with van der Waals surface area (Å²) < 4.78 is 0. The maximum absolute atomic E-state index is 13.3. The van der Waals surface area contributed by atoms with Crippen LogP contribution in [0.5, 0.6) is 0 Å².